The minimum Gasteiger partial charge on any atom is -0.497 e. The first-order valence-electron chi connectivity index (χ1n) is 16.2. The maximum atomic E-state index is 13.8. The summed E-state index contributed by atoms with van der Waals surface area (Å²) < 4.78 is 11.6. The predicted molar refractivity (Wildman–Crippen MR) is 168 cm³/mol. The molecule has 0 saturated heterocycles. The van der Waals surface area contributed by atoms with Crippen molar-refractivity contribution in [3.05, 3.63) is 64.7 Å². The van der Waals surface area contributed by atoms with Crippen LogP contribution in [0.15, 0.2) is 47.5 Å². The van der Waals surface area contributed by atoms with Crippen LogP contribution in [0.25, 0.3) is 0 Å². The highest BCUT2D eigenvalue weighted by atomic mass is 16.6. The lowest BCUT2D eigenvalue weighted by molar-refractivity contribution is -0.0933. The smallest absolute Gasteiger partial charge is 0.411 e. The average molecular weight is 572 g/mol. The lowest BCUT2D eigenvalue weighted by Gasteiger charge is -2.60. The highest BCUT2D eigenvalue weighted by Crippen LogP contribution is 2.58. The van der Waals surface area contributed by atoms with Gasteiger partial charge in [0.25, 0.3) is 0 Å². The third-order valence-electron chi connectivity index (χ3n) is 9.94. The van der Waals surface area contributed by atoms with E-state index in [9.17, 15) is 4.79 Å². The van der Waals surface area contributed by atoms with Crippen LogP contribution in [-0.4, -0.2) is 47.7 Å². The van der Waals surface area contributed by atoms with Crippen LogP contribution < -0.4 is 10.1 Å². The van der Waals surface area contributed by atoms with E-state index in [0.29, 0.717) is 6.54 Å². The standard InChI is InChI=1S/C36H49N3O3/c1-6-7-14-37-32-19-29-18-30(41-5)12-13-31(29)33(38-32)28-10-8-24(9-11-28)23-39(34(40)42-35(2,3)4)36-20-25-15-26(21-36)17-27(16-25)22-36/h8-13,18,25-27,32,37H,6-7,14-17,19-23H2,1-5H3/t25?,26?,27?,32-,36?/m1/s1. The van der Waals surface area contributed by atoms with Crippen LogP contribution in [0, 0.1) is 17.8 Å². The van der Waals surface area contributed by atoms with E-state index in [1.807, 2.05) is 26.8 Å². The van der Waals surface area contributed by atoms with Crippen LogP contribution >= 0.6 is 0 Å². The van der Waals surface area contributed by atoms with Crippen molar-refractivity contribution < 1.29 is 14.3 Å². The Hall–Kier alpha value is -2.86. The molecular weight excluding hydrogens is 522 g/mol. The molecule has 7 rings (SSSR count). The summed E-state index contributed by atoms with van der Waals surface area (Å²) in [5.74, 6) is 3.14. The molecule has 6 nitrogen and oxygen atoms in total. The van der Waals surface area contributed by atoms with E-state index >= 15 is 0 Å². The van der Waals surface area contributed by atoms with Gasteiger partial charge in [0, 0.05) is 29.6 Å². The number of hydrogen-bond acceptors (Lipinski definition) is 5. The number of amides is 1. The van der Waals surface area contributed by atoms with Gasteiger partial charge in [-0.1, -0.05) is 37.6 Å². The summed E-state index contributed by atoms with van der Waals surface area (Å²) in [7, 11) is 1.72. The summed E-state index contributed by atoms with van der Waals surface area (Å²) in [6.45, 7) is 9.68. The fraction of sp³-hybridized carbons (Fsp3) is 0.611. The molecule has 42 heavy (non-hydrogen) atoms. The van der Waals surface area contributed by atoms with Crippen LogP contribution in [0.2, 0.25) is 0 Å². The number of aliphatic imine (C=N–C) groups is 1. The van der Waals surface area contributed by atoms with Crippen molar-refractivity contribution in [3.63, 3.8) is 0 Å². The number of nitrogens with one attached hydrogen (secondary N) is 1. The monoisotopic (exact) mass is 571 g/mol. The summed E-state index contributed by atoms with van der Waals surface area (Å²) in [5.41, 5.74) is 5.10. The number of carbonyl (C=O) groups excluding carboxylic acids is 1. The van der Waals surface area contributed by atoms with Gasteiger partial charge in [-0.25, -0.2) is 4.79 Å². The zero-order valence-electron chi connectivity index (χ0n) is 26.2. The molecule has 0 aromatic heterocycles. The highest BCUT2D eigenvalue weighted by molar-refractivity contribution is 6.14. The Kier molecular flexibility index (Phi) is 8.12. The van der Waals surface area contributed by atoms with Crippen molar-refractivity contribution in [3.8, 4) is 5.75 Å². The molecule has 2 aromatic carbocycles. The molecule has 1 atom stereocenters. The Bertz CT molecular complexity index is 1270. The number of ether oxygens (including phenoxy) is 2. The van der Waals surface area contributed by atoms with Crippen LogP contribution in [0.3, 0.4) is 0 Å². The van der Waals surface area contributed by atoms with Gasteiger partial charge in [-0.15, -0.1) is 0 Å². The summed E-state index contributed by atoms with van der Waals surface area (Å²) in [6.07, 6.45) is 10.5. The molecule has 0 spiro atoms. The molecule has 1 heterocycles. The zero-order valence-corrected chi connectivity index (χ0v) is 26.2. The number of hydrogen-bond donors (Lipinski definition) is 1. The van der Waals surface area contributed by atoms with Crippen LogP contribution in [0.5, 0.6) is 5.75 Å². The van der Waals surface area contributed by atoms with E-state index < -0.39 is 5.60 Å². The Balaban J connectivity index is 1.27. The van der Waals surface area contributed by atoms with Crippen LogP contribution in [0.1, 0.15) is 101 Å². The van der Waals surface area contributed by atoms with Crippen molar-refractivity contribution >= 4 is 11.8 Å². The van der Waals surface area contributed by atoms with Crippen molar-refractivity contribution in [1.82, 2.24) is 10.2 Å². The summed E-state index contributed by atoms with van der Waals surface area (Å²) in [6, 6.07) is 15.1. The number of rotatable bonds is 9. The Labute approximate surface area is 252 Å². The second-order valence-corrected chi connectivity index (χ2v) is 14.4. The number of unbranched alkanes of at least 4 members (excludes halogenated alkanes) is 1. The first-order chi connectivity index (χ1) is 20.1. The molecule has 5 aliphatic rings. The number of benzene rings is 2. The zero-order chi connectivity index (χ0) is 29.5. The molecule has 1 amide bonds. The van der Waals surface area contributed by atoms with E-state index in [-0.39, 0.29) is 17.8 Å². The Morgan fingerprint density at radius 3 is 2.29 bits per heavy atom. The Morgan fingerprint density at radius 2 is 1.69 bits per heavy atom. The lowest BCUT2D eigenvalue weighted by Crippen LogP contribution is -2.61. The summed E-state index contributed by atoms with van der Waals surface area (Å²) >= 11 is 0. The van der Waals surface area contributed by atoms with Gasteiger partial charge in [0.15, 0.2) is 0 Å². The van der Waals surface area contributed by atoms with E-state index in [0.717, 1.165) is 85.4 Å². The first-order valence-corrected chi connectivity index (χ1v) is 16.2. The van der Waals surface area contributed by atoms with Gasteiger partial charge >= 0.3 is 6.09 Å². The van der Waals surface area contributed by atoms with Gasteiger partial charge in [0.1, 0.15) is 17.5 Å². The van der Waals surface area contributed by atoms with Gasteiger partial charge in [-0.2, -0.15) is 0 Å². The third-order valence-corrected chi connectivity index (χ3v) is 9.94. The fourth-order valence-electron chi connectivity index (χ4n) is 8.46. The molecular formula is C36H49N3O3. The second-order valence-electron chi connectivity index (χ2n) is 14.4. The molecule has 4 bridgehead atoms. The highest BCUT2D eigenvalue weighted by Gasteiger charge is 2.55. The van der Waals surface area contributed by atoms with Gasteiger partial charge in [-0.05, 0) is 119 Å². The molecule has 4 aliphatic carbocycles. The van der Waals surface area contributed by atoms with Gasteiger partial charge in [0.2, 0.25) is 0 Å². The van der Waals surface area contributed by atoms with Crippen LogP contribution in [-0.2, 0) is 17.7 Å². The SMILES string of the molecule is CCCCN[C@H]1Cc2cc(OC)ccc2C(c2ccc(CN(C(=O)OC(C)(C)C)C34CC5CC(CC(C5)C3)C4)cc2)=N1. The normalized spacial score (nSPS) is 27.8. The quantitative estimate of drug-likeness (QED) is 0.317. The predicted octanol–water partition coefficient (Wildman–Crippen LogP) is 7.51. The van der Waals surface area contributed by atoms with Crippen molar-refractivity contribution in [2.45, 2.75) is 109 Å². The number of carbonyl (C=O) groups is 1. The number of fused-ring (bicyclic) bond motifs is 1. The van der Waals surface area contributed by atoms with Crippen LogP contribution in [0.4, 0.5) is 4.79 Å². The minimum absolute atomic E-state index is 0.0459. The molecule has 4 fully saturated rings. The maximum absolute atomic E-state index is 13.8. The number of methoxy groups -OCH3 is 1. The summed E-state index contributed by atoms with van der Waals surface area (Å²) in [5, 5.41) is 3.65. The lowest BCUT2D eigenvalue weighted by atomic mass is 9.52. The molecule has 0 radical (unpaired) electrons. The molecule has 2 aromatic rings. The van der Waals surface area contributed by atoms with E-state index in [1.54, 1.807) is 7.11 Å². The molecule has 4 saturated carbocycles. The maximum Gasteiger partial charge on any atom is 0.411 e. The minimum atomic E-state index is -0.515. The molecule has 6 heteroatoms. The van der Waals surface area contributed by atoms with Gasteiger partial charge in [0.05, 0.1) is 12.8 Å². The van der Waals surface area contributed by atoms with Crippen molar-refractivity contribution in [2.24, 2.45) is 22.7 Å². The fourth-order valence-corrected chi connectivity index (χ4v) is 8.46. The second kappa shape index (κ2) is 11.7. The average Bonchev–Trinajstić information content (AvgIpc) is 2.94. The molecule has 1 aliphatic heterocycles. The van der Waals surface area contributed by atoms with Gasteiger partial charge < -0.3 is 9.47 Å². The molecule has 226 valence electrons. The first kappa shape index (κ1) is 29.2. The van der Waals surface area contributed by atoms with E-state index in [1.165, 1.54) is 30.4 Å². The topological polar surface area (TPSA) is 63.2 Å². The van der Waals surface area contributed by atoms with E-state index in [4.69, 9.17) is 14.5 Å². The molecule has 0 unspecified atom stereocenters. The Morgan fingerprint density at radius 1 is 1.02 bits per heavy atom. The number of nitrogens with zero attached hydrogens (tertiary/aromatic N) is 2. The van der Waals surface area contributed by atoms with Gasteiger partial charge in [-0.3, -0.25) is 15.2 Å². The van der Waals surface area contributed by atoms with Crippen molar-refractivity contribution in [2.75, 3.05) is 13.7 Å². The largest absolute Gasteiger partial charge is 0.497 e. The molecule has 1 N–H and O–H groups in total. The van der Waals surface area contributed by atoms with E-state index in [2.05, 4.69) is 53.5 Å². The van der Waals surface area contributed by atoms with Crippen molar-refractivity contribution in [1.29, 1.82) is 0 Å². The summed E-state index contributed by atoms with van der Waals surface area (Å²) in [4.78, 5) is 21.1. The third kappa shape index (κ3) is 6.10.